The van der Waals surface area contributed by atoms with E-state index in [0.717, 1.165) is 11.8 Å². The highest BCUT2D eigenvalue weighted by Crippen LogP contribution is 2.21. The van der Waals surface area contributed by atoms with E-state index in [0.29, 0.717) is 0 Å². The summed E-state index contributed by atoms with van der Waals surface area (Å²) in [6.07, 6.45) is 11.1. The summed E-state index contributed by atoms with van der Waals surface area (Å²) in [5.74, 6) is 0. The Morgan fingerprint density at radius 3 is 3.00 bits per heavy atom. The van der Waals surface area contributed by atoms with Crippen LogP contribution >= 0.6 is 0 Å². The van der Waals surface area contributed by atoms with Crippen LogP contribution in [0, 0.1) is 6.26 Å². The Labute approximate surface area is 91.1 Å². The standard InChI is InChI=1S/C14H17O/c1-2-3-4-5-7-12-8-6-9-13-10-15-11-14(12)13/h6,8-10H,2-5,7H2,1H3. The van der Waals surface area contributed by atoms with Crippen molar-refractivity contribution in [2.75, 3.05) is 0 Å². The Kier molecular flexibility index (Phi) is 3.44. The zero-order chi connectivity index (χ0) is 10.5. The van der Waals surface area contributed by atoms with E-state index in [1.54, 1.807) is 6.26 Å². The largest absolute Gasteiger partial charge is 0.460 e. The molecule has 1 heterocycles. The molecule has 0 saturated carbocycles. The Balaban J connectivity index is 2.04. The van der Waals surface area contributed by atoms with Gasteiger partial charge in [0.2, 0.25) is 0 Å². The maximum Gasteiger partial charge on any atom is 0.177 e. The second kappa shape index (κ2) is 5.01. The normalized spacial score (nSPS) is 11.0. The van der Waals surface area contributed by atoms with Crippen LogP contribution in [0.4, 0.5) is 0 Å². The summed E-state index contributed by atoms with van der Waals surface area (Å²) in [5.41, 5.74) is 1.37. The number of hydrogen-bond acceptors (Lipinski definition) is 1. The van der Waals surface area contributed by atoms with Gasteiger partial charge in [0.1, 0.15) is 0 Å². The fourth-order valence-electron chi connectivity index (χ4n) is 1.95. The molecule has 2 aromatic rings. The highest BCUT2D eigenvalue weighted by atomic mass is 16.3. The van der Waals surface area contributed by atoms with E-state index in [-0.39, 0.29) is 0 Å². The van der Waals surface area contributed by atoms with Gasteiger partial charge in [-0.3, -0.25) is 0 Å². The zero-order valence-electron chi connectivity index (χ0n) is 9.25. The van der Waals surface area contributed by atoms with Gasteiger partial charge in [0.05, 0.1) is 6.26 Å². The van der Waals surface area contributed by atoms with Crippen molar-refractivity contribution < 1.29 is 4.42 Å². The molecule has 2 rings (SSSR count). The van der Waals surface area contributed by atoms with E-state index in [4.69, 9.17) is 4.42 Å². The van der Waals surface area contributed by atoms with Crippen LogP contribution in [0.5, 0.6) is 0 Å². The van der Waals surface area contributed by atoms with Crippen molar-refractivity contribution in [1.82, 2.24) is 0 Å². The zero-order valence-corrected chi connectivity index (χ0v) is 9.25. The van der Waals surface area contributed by atoms with E-state index >= 15 is 0 Å². The number of rotatable bonds is 5. The number of benzene rings is 1. The molecular formula is C14H17O. The van der Waals surface area contributed by atoms with Crippen molar-refractivity contribution in [3.05, 3.63) is 36.3 Å². The molecule has 0 aliphatic carbocycles. The number of hydrogen-bond donors (Lipinski definition) is 0. The topological polar surface area (TPSA) is 13.1 Å². The lowest BCUT2D eigenvalue weighted by Crippen LogP contribution is -1.86. The van der Waals surface area contributed by atoms with Crippen molar-refractivity contribution in [2.45, 2.75) is 39.0 Å². The molecule has 0 amide bonds. The molecular weight excluding hydrogens is 184 g/mol. The smallest absolute Gasteiger partial charge is 0.177 e. The van der Waals surface area contributed by atoms with Crippen molar-refractivity contribution in [3.8, 4) is 0 Å². The predicted octanol–water partition coefficient (Wildman–Crippen LogP) is 4.36. The Morgan fingerprint density at radius 1 is 1.20 bits per heavy atom. The van der Waals surface area contributed by atoms with Crippen LogP contribution in [-0.2, 0) is 6.42 Å². The van der Waals surface area contributed by atoms with Gasteiger partial charge in [0.25, 0.3) is 0 Å². The first-order chi connectivity index (χ1) is 7.42. The van der Waals surface area contributed by atoms with Crippen molar-refractivity contribution >= 4 is 10.8 Å². The van der Waals surface area contributed by atoms with Gasteiger partial charge < -0.3 is 4.42 Å². The van der Waals surface area contributed by atoms with Gasteiger partial charge in [-0.1, -0.05) is 44.4 Å². The van der Waals surface area contributed by atoms with Gasteiger partial charge in [0, 0.05) is 10.8 Å². The van der Waals surface area contributed by atoms with E-state index < -0.39 is 0 Å². The molecule has 0 saturated heterocycles. The third-order valence-electron chi connectivity index (χ3n) is 2.83. The quantitative estimate of drug-likeness (QED) is 0.655. The highest BCUT2D eigenvalue weighted by Gasteiger charge is 2.02. The maximum absolute atomic E-state index is 5.11. The fourth-order valence-corrected chi connectivity index (χ4v) is 1.95. The Morgan fingerprint density at radius 2 is 2.13 bits per heavy atom. The molecule has 0 unspecified atom stereocenters. The third-order valence-corrected chi connectivity index (χ3v) is 2.83. The van der Waals surface area contributed by atoms with Gasteiger partial charge in [-0.25, -0.2) is 0 Å². The van der Waals surface area contributed by atoms with Crippen LogP contribution in [0.15, 0.2) is 28.9 Å². The van der Waals surface area contributed by atoms with E-state index in [1.165, 1.54) is 36.6 Å². The summed E-state index contributed by atoms with van der Waals surface area (Å²) in [5, 5.41) is 2.33. The van der Waals surface area contributed by atoms with Gasteiger partial charge in [-0.05, 0) is 18.4 Å². The van der Waals surface area contributed by atoms with Crippen LogP contribution in [0.25, 0.3) is 10.8 Å². The lowest BCUT2D eigenvalue weighted by molar-refractivity contribution is 0.563. The maximum atomic E-state index is 5.11. The monoisotopic (exact) mass is 201 g/mol. The molecule has 1 radical (unpaired) electrons. The summed E-state index contributed by atoms with van der Waals surface area (Å²) in [7, 11) is 0. The minimum Gasteiger partial charge on any atom is -0.460 e. The van der Waals surface area contributed by atoms with Gasteiger partial charge in [0.15, 0.2) is 6.26 Å². The van der Waals surface area contributed by atoms with E-state index in [2.05, 4.69) is 31.4 Å². The van der Waals surface area contributed by atoms with Crippen molar-refractivity contribution in [2.24, 2.45) is 0 Å². The molecule has 0 aliphatic rings. The summed E-state index contributed by atoms with van der Waals surface area (Å²) >= 11 is 0. The number of furan rings is 1. The molecule has 0 spiro atoms. The average Bonchev–Trinajstić information content (AvgIpc) is 2.73. The first-order valence-corrected chi connectivity index (χ1v) is 5.78. The van der Waals surface area contributed by atoms with Crippen molar-refractivity contribution in [3.63, 3.8) is 0 Å². The lowest BCUT2D eigenvalue weighted by atomic mass is 10.0. The molecule has 0 N–H and O–H groups in total. The third kappa shape index (κ3) is 2.41. The molecule has 0 aliphatic heterocycles. The first-order valence-electron chi connectivity index (χ1n) is 5.78. The minimum absolute atomic E-state index is 1.15. The summed E-state index contributed by atoms with van der Waals surface area (Å²) in [6, 6.07) is 6.35. The molecule has 79 valence electrons. The molecule has 1 nitrogen and oxygen atoms in total. The van der Waals surface area contributed by atoms with Crippen LogP contribution in [0.2, 0.25) is 0 Å². The molecule has 15 heavy (non-hydrogen) atoms. The molecule has 1 heteroatoms. The molecule has 0 bridgehead atoms. The lowest BCUT2D eigenvalue weighted by Gasteiger charge is -2.01. The SMILES string of the molecule is CCCCCCc1cccc2co[c]c12. The van der Waals surface area contributed by atoms with E-state index in [1.807, 2.05) is 0 Å². The predicted molar refractivity (Wildman–Crippen MR) is 62.9 cm³/mol. The second-order valence-corrected chi connectivity index (χ2v) is 4.03. The van der Waals surface area contributed by atoms with Crippen LogP contribution < -0.4 is 0 Å². The summed E-state index contributed by atoms with van der Waals surface area (Å²) in [4.78, 5) is 0. The molecule has 0 fully saturated rings. The van der Waals surface area contributed by atoms with Crippen molar-refractivity contribution in [1.29, 1.82) is 0 Å². The molecule has 0 atom stereocenters. The van der Waals surface area contributed by atoms with Crippen LogP contribution in [0.1, 0.15) is 38.2 Å². The fraction of sp³-hybridized carbons (Fsp3) is 0.429. The number of aryl methyl sites for hydroxylation is 1. The number of fused-ring (bicyclic) bond motifs is 1. The first kappa shape index (κ1) is 10.3. The van der Waals surface area contributed by atoms with Crippen LogP contribution in [0.3, 0.4) is 0 Å². The van der Waals surface area contributed by atoms with Gasteiger partial charge in [-0.2, -0.15) is 0 Å². The summed E-state index contributed by atoms with van der Waals surface area (Å²) in [6.45, 7) is 2.24. The molecule has 1 aromatic heterocycles. The van der Waals surface area contributed by atoms with E-state index in [9.17, 15) is 0 Å². The molecule has 1 aromatic carbocycles. The summed E-state index contributed by atoms with van der Waals surface area (Å²) < 4.78 is 5.11. The van der Waals surface area contributed by atoms with Crippen LogP contribution in [-0.4, -0.2) is 0 Å². The Hall–Kier alpha value is -1.24. The minimum atomic E-state index is 1.15. The van der Waals surface area contributed by atoms with Gasteiger partial charge >= 0.3 is 0 Å². The van der Waals surface area contributed by atoms with Gasteiger partial charge in [-0.15, -0.1) is 0 Å². The average molecular weight is 201 g/mol. The second-order valence-electron chi connectivity index (χ2n) is 4.03. The Bertz CT molecular complexity index is 414. The highest BCUT2D eigenvalue weighted by molar-refractivity contribution is 5.83. The number of unbranched alkanes of at least 4 members (excludes halogenated alkanes) is 3.